The predicted octanol–water partition coefficient (Wildman–Crippen LogP) is 1.80. The van der Waals surface area contributed by atoms with Gasteiger partial charge in [-0.25, -0.2) is 4.79 Å². The van der Waals surface area contributed by atoms with Crippen LogP contribution in [0.25, 0.3) is 0 Å². The lowest BCUT2D eigenvalue weighted by atomic mass is 10.6. The number of carbonyl (C=O) groups is 1. The van der Waals surface area contributed by atoms with Gasteiger partial charge in [-0.05, 0) is 6.26 Å². The fourth-order valence-electron chi connectivity index (χ4n) is 0.561. The molecule has 1 N–H and O–H groups in total. The number of nitrogens with zero attached hydrogens (tertiary/aromatic N) is 1. The molecule has 0 bridgehead atoms. The number of nitrogens with one attached hydrogen (secondary N) is 1. The highest BCUT2D eigenvalue weighted by molar-refractivity contribution is 8.13. The smallest absolute Gasteiger partial charge is 0.413 e. The lowest BCUT2D eigenvalue weighted by Gasteiger charge is -2.05. The lowest BCUT2D eigenvalue weighted by molar-refractivity contribution is 0.164. The molecular formula is C9H14N2O2S. The average molecular weight is 214 g/mol. The molecule has 0 atom stereocenters. The largest absolute Gasteiger partial charge is 0.445 e. The number of carbonyl (C=O) groups excluding carboxylic acids is 1. The minimum atomic E-state index is -0.526. The van der Waals surface area contributed by atoms with Crippen LogP contribution in [0.15, 0.2) is 30.3 Å². The molecule has 0 unspecified atom stereocenters. The van der Waals surface area contributed by atoms with E-state index in [0.29, 0.717) is 11.7 Å². The maximum Gasteiger partial charge on any atom is 0.413 e. The molecule has 0 aromatic rings. The van der Waals surface area contributed by atoms with Crippen molar-refractivity contribution in [2.24, 2.45) is 4.99 Å². The maximum atomic E-state index is 11.0. The van der Waals surface area contributed by atoms with E-state index in [1.807, 2.05) is 6.26 Å². The molecule has 0 radical (unpaired) electrons. The van der Waals surface area contributed by atoms with Crippen molar-refractivity contribution in [2.75, 3.05) is 19.4 Å². The first-order chi connectivity index (χ1) is 6.74. The Morgan fingerprint density at radius 2 is 2.29 bits per heavy atom. The van der Waals surface area contributed by atoms with E-state index in [-0.39, 0.29) is 6.61 Å². The zero-order chi connectivity index (χ0) is 10.8. The highest BCUT2D eigenvalue weighted by Crippen LogP contribution is 1.95. The zero-order valence-electron chi connectivity index (χ0n) is 8.16. The summed E-state index contributed by atoms with van der Waals surface area (Å²) < 4.78 is 4.72. The summed E-state index contributed by atoms with van der Waals surface area (Å²) in [6.07, 6.45) is 4.43. The number of ether oxygens (including phenoxy) is 1. The van der Waals surface area contributed by atoms with E-state index in [1.165, 1.54) is 17.8 Å². The SMILES string of the molecule is C=CCN=C(NC(=O)OCC=C)SC. The Bertz CT molecular complexity index is 239. The molecular weight excluding hydrogens is 200 g/mol. The summed E-state index contributed by atoms with van der Waals surface area (Å²) in [5, 5.41) is 3.01. The molecule has 0 saturated carbocycles. The van der Waals surface area contributed by atoms with Crippen molar-refractivity contribution in [3.8, 4) is 0 Å². The van der Waals surface area contributed by atoms with Gasteiger partial charge in [0.15, 0.2) is 5.17 Å². The summed E-state index contributed by atoms with van der Waals surface area (Å²) >= 11 is 1.34. The van der Waals surface area contributed by atoms with E-state index in [2.05, 4.69) is 23.5 Å². The van der Waals surface area contributed by atoms with E-state index in [4.69, 9.17) is 4.74 Å². The van der Waals surface area contributed by atoms with Gasteiger partial charge >= 0.3 is 6.09 Å². The normalized spacial score (nSPS) is 10.5. The summed E-state index contributed by atoms with van der Waals surface area (Å²) in [5.74, 6) is 0. The van der Waals surface area contributed by atoms with Gasteiger partial charge in [-0.15, -0.1) is 6.58 Å². The Kier molecular flexibility index (Phi) is 7.64. The summed E-state index contributed by atoms with van der Waals surface area (Å²) in [7, 11) is 0. The Hall–Kier alpha value is -1.23. The molecule has 0 spiro atoms. The highest BCUT2D eigenvalue weighted by atomic mass is 32.2. The fraction of sp³-hybridized carbons (Fsp3) is 0.333. The molecule has 0 aromatic heterocycles. The molecule has 0 aromatic carbocycles. The van der Waals surface area contributed by atoms with Crippen molar-refractivity contribution >= 4 is 23.0 Å². The maximum absolute atomic E-state index is 11.0. The van der Waals surface area contributed by atoms with Crippen LogP contribution in [0.2, 0.25) is 0 Å². The summed E-state index contributed by atoms with van der Waals surface area (Å²) in [4.78, 5) is 15.1. The van der Waals surface area contributed by atoms with Crippen molar-refractivity contribution < 1.29 is 9.53 Å². The topological polar surface area (TPSA) is 50.7 Å². The Morgan fingerprint density at radius 3 is 2.79 bits per heavy atom. The van der Waals surface area contributed by atoms with E-state index in [1.54, 1.807) is 6.08 Å². The van der Waals surface area contributed by atoms with E-state index in [0.717, 1.165) is 0 Å². The van der Waals surface area contributed by atoms with Gasteiger partial charge < -0.3 is 4.74 Å². The first kappa shape index (κ1) is 12.8. The monoisotopic (exact) mass is 214 g/mol. The first-order valence-corrected chi connectivity index (χ1v) is 5.21. The molecule has 0 aliphatic rings. The third-order valence-electron chi connectivity index (χ3n) is 1.10. The van der Waals surface area contributed by atoms with Gasteiger partial charge in [-0.2, -0.15) is 0 Å². The van der Waals surface area contributed by atoms with Gasteiger partial charge in [0.1, 0.15) is 6.61 Å². The van der Waals surface area contributed by atoms with Crippen LogP contribution < -0.4 is 5.32 Å². The van der Waals surface area contributed by atoms with Gasteiger partial charge in [0.25, 0.3) is 0 Å². The minimum Gasteiger partial charge on any atom is -0.445 e. The number of rotatable bonds is 4. The minimum absolute atomic E-state index is 0.189. The van der Waals surface area contributed by atoms with Crippen molar-refractivity contribution in [2.45, 2.75) is 0 Å². The standard InChI is InChI=1S/C9H14N2O2S/c1-4-6-10-8(14-3)11-9(12)13-7-5-2/h4-5H,1-2,6-7H2,3H3,(H,10,11,12). The average Bonchev–Trinajstić information content (AvgIpc) is 2.21. The number of thioether (sulfide) groups is 1. The second-order valence-corrected chi connectivity index (χ2v) is 2.95. The molecule has 78 valence electrons. The molecule has 1 amide bonds. The number of amidine groups is 1. The van der Waals surface area contributed by atoms with Crippen LogP contribution in [0.5, 0.6) is 0 Å². The van der Waals surface area contributed by atoms with Crippen LogP contribution in [0.1, 0.15) is 0 Å². The second kappa shape index (κ2) is 8.37. The van der Waals surface area contributed by atoms with E-state index >= 15 is 0 Å². The lowest BCUT2D eigenvalue weighted by Crippen LogP contribution is -2.29. The van der Waals surface area contributed by atoms with Gasteiger partial charge in [0, 0.05) is 0 Å². The summed E-state index contributed by atoms with van der Waals surface area (Å²) in [6.45, 7) is 7.61. The predicted molar refractivity (Wildman–Crippen MR) is 60.7 cm³/mol. The zero-order valence-corrected chi connectivity index (χ0v) is 8.97. The van der Waals surface area contributed by atoms with Gasteiger partial charge in [0.2, 0.25) is 0 Å². The van der Waals surface area contributed by atoms with Crippen LogP contribution in [0.4, 0.5) is 4.79 Å². The second-order valence-electron chi connectivity index (χ2n) is 2.15. The molecule has 0 heterocycles. The molecule has 0 aliphatic carbocycles. The van der Waals surface area contributed by atoms with Crippen LogP contribution in [0, 0.1) is 0 Å². The Balaban J connectivity index is 3.97. The van der Waals surface area contributed by atoms with Gasteiger partial charge in [-0.1, -0.05) is 30.5 Å². The van der Waals surface area contributed by atoms with Crippen LogP contribution >= 0.6 is 11.8 Å². The number of hydrogen-bond acceptors (Lipinski definition) is 4. The molecule has 5 heteroatoms. The molecule has 0 aliphatic heterocycles. The Labute approximate surface area is 88.1 Å². The van der Waals surface area contributed by atoms with Crippen LogP contribution in [0.3, 0.4) is 0 Å². The third-order valence-corrected chi connectivity index (χ3v) is 1.72. The van der Waals surface area contributed by atoms with Crippen molar-refractivity contribution in [1.82, 2.24) is 5.32 Å². The molecule has 14 heavy (non-hydrogen) atoms. The van der Waals surface area contributed by atoms with Gasteiger partial charge in [0.05, 0.1) is 6.54 Å². The first-order valence-electron chi connectivity index (χ1n) is 3.98. The third kappa shape index (κ3) is 6.30. The van der Waals surface area contributed by atoms with Crippen LogP contribution in [-0.4, -0.2) is 30.7 Å². The molecule has 0 rings (SSSR count). The molecule has 0 fully saturated rings. The summed E-state index contributed by atoms with van der Waals surface area (Å²) in [6, 6.07) is 0. The van der Waals surface area contributed by atoms with Crippen LogP contribution in [-0.2, 0) is 4.74 Å². The quantitative estimate of drug-likeness (QED) is 0.441. The highest BCUT2D eigenvalue weighted by Gasteiger charge is 2.03. The van der Waals surface area contributed by atoms with Crippen molar-refractivity contribution in [1.29, 1.82) is 0 Å². The number of aliphatic imine (C=N–C) groups is 1. The summed E-state index contributed by atoms with van der Waals surface area (Å²) in [5.41, 5.74) is 0. The van der Waals surface area contributed by atoms with Crippen molar-refractivity contribution in [3.05, 3.63) is 25.3 Å². The number of alkyl carbamates (subject to hydrolysis) is 1. The number of amides is 1. The molecule has 4 nitrogen and oxygen atoms in total. The Morgan fingerprint density at radius 1 is 1.57 bits per heavy atom. The van der Waals surface area contributed by atoms with E-state index in [9.17, 15) is 4.79 Å². The molecule has 0 saturated heterocycles. The van der Waals surface area contributed by atoms with E-state index < -0.39 is 6.09 Å². The van der Waals surface area contributed by atoms with Crippen molar-refractivity contribution in [3.63, 3.8) is 0 Å². The fourth-order valence-corrected chi connectivity index (χ4v) is 0.950. The number of hydrogen-bond donors (Lipinski definition) is 1. The van der Waals surface area contributed by atoms with Gasteiger partial charge in [-0.3, -0.25) is 10.3 Å².